The molecule has 0 spiro atoms. The Balaban J connectivity index is 1.49. The maximum atomic E-state index is 10.7. The van der Waals surface area contributed by atoms with E-state index in [4.69, 9.17) is 4.74 Å². The number of benzene rings is 1. The third-order valence-corrected chi connectivity index (χ3v) is 4.77. The van der Waals surface area contributed by atoms with E-state index in [2.05, 4.69) is 29.2 Å². The summed E-state index contributed by atoms with van der Waals surface area (Å²) in [5.74, 6) is 0. The molecule has 1 unspecified atom stereocenters. The molecule has 2 heterocycles. The molecule has 2 saturated heterocycles. The van der Waals surface area contributed by atoms with Gasteiger partial charge in [0.1, 0.15) is 0 Å². The molecule has 1 aromatic carbocycles. The van der Waals surface area contributed by atoms with Crippen LogP contribution in [-0.2, 0) is 4.74 Å². The average Bonchev–Trinajstić information content (AvgIpc) is 3.01. The van der Waals surface area contributed by atoms with Crippen LogP contribution in [0.1, 0.15) is 38.5 Å². The largest absolute Gasteiger partial charge is 0.390 e. The number of nitrogens with zero attached hydrogens (tertiary/aromatic N) is 1. The lowest BCUT2D eigenvalue weighted by Gasteiger charge is -2.39. The number of rotatable bonds is 4. The number of piperidine rings is 1. The summed E-state index contributed by atoms with van der Waals surface area (Å²) < 4.78 is 5.66. The maximum absolute atomic E-state index is 10.7. The highest BCUT2D eigenvalue weighted by molar-refractivity contribution is 5.46. The second kappa shape index (κ2) is 6.15. The van der Waals surface area contributed by atoms with E-state index in [9.17, 15) is 5.11 Å². The maximum Gasteiger partial charge on any atom is 0.0682 e. The Bertz CT molecular complexity index is 406. The Morgan fingerprint density at radius 3 is 2.60 bits per heavy atom. The lowest BCUT2D eigenvalue weighted by atomic mass is 9.85. The van der Waals surface area contributed by atoms with E-state index in [1.54, 1.807) is 0 Å². The molecule has 1 aromatic rings. The molecule has 3 rings (SSSR count). The Morgan fingerprint density at radius 2 is 1.95 bits per heavy atom. The third kappa shape index (κ3) is 3.33. The van der Waals surface area contributed by atoms with Gasteiger partial charge in [-0.25, -0.2) is 0 Å². The van der Waals surface area contributed by atoms with Crippen molar-refractivity contribution in [2.45, 2.75) is 50.2 Å². The number of hydrogen-bond acceptors (Lipinski definition) is 3. The van der Waals surface area contributed by atoms with Crippen molar-refractivity contribution in [3.05, 3.63) is 30.3 Å². The van der Waals surface area contributed by atoms with Gasteiger partial charge in [-0.05, 0) is 50.7 Å². The minimum absolute atomic E-state index is 0.395. The fraction of sp³-hybridized carbons (Fsp3) is 0.647. The first-order chi connectivity index (χ1) is 9.75. The van der Waals surface area contributed by atoms with E-state index in [0.29, 0.717) is 6.10 Å². The standard InChI is InChI=1S/C17H25NO2/c19-17(9-8-16-7-4-14-20-16)10-12-18(13-11-17)15-5-2-1-3-6-15/h1-3,5-6,16,19H,4,7-14H2. The first-order valence-electron chi connectivity index (χ1n) is 7.89. The van der Waals surface area contributed by atoms with Crippen LogP contribution in [0.2, 0.25) is 0 Å². The molecule has 0 aliphatic carbocycles. The van der Waals surface area contributed by atoms with Gasteiger partial charge in [0.2, 0.25) is 0 Å². The summed E-state index contributed by atoms with van der Waals surface area (Å²) in [6.45, 7) is 2.81. The van der Waals surface area contributed by atoms with Crippen LogP contribution < -0.4 is 4.90 Å². The van der Waals surface area contributed by atoms with Crippen LogP contribution in [0.3, 0.4) is 0 Å². The predicted molar refractivity (Wildman–Crippen MR) is 81.0 cm³/mol. The van der Waals surface area contributed by atoms with Crippen LogP contribution in [0, 0.1) is 0 Å². The van der Waals surface area contributed by atoms with Gasteiger partial charge in [0.15, 0.2) is 0 Å². The minimum Gasteiger partial charge on any atom is -0.390 e. The predicted octanol–water partition coefficient (Wildman–Crippen LogP) is 2.98. The molecule has 3 nitrogen and oxygen atoms in total. The van der Waals surface area contributed by atoms with Gasteiger partial charge >= 0.3 is 0 Å². The summed E-state index contributed by atoms with van der Waals surface area (Å²) in [6, 6.07) is 10.5. The van der Waals surface area contributed by atoms with Gasteiger partial charge < -0.3 is 14.7 Å². The van der Waals surface area contributed by atoms with Gasteiger partial charge in [0.25, 0.3) is 0 Å². The van der Waals surface area contributed by atoms with Gasteiger partial charge in [0.05, 0.1) is 11.7 Å². The second-order valence-corrected chi connectivity index (χ2v) is 6.22. The molecule has 1 atom stereocenters. The van der Waals surface area contributed by atoms with E-state index in [1.165, 1.54) is 18.5 Å². The van der Waals surface area contributed by atoms with Crippen LogP contribution in [0.5, 0.6) is 0 Å². The molecule has 0 radical (unpaired) electrons. The summed E-state index contributed by atoms with van der Waals surface area (Å²) >= 11 is 0. The molecule has 3 heteroatoms. The van der Waals surface area contributed by atoms with Crippen molar-refractivity contribution in [2.75, 3.05) is 24.6 Å². The fourth-order valence-corrected chi connectivity index (χ4v) is 3.37. The quantitative estimate of drug-likeness (QED) is 0.917. The third-order valence-electron chi connectivity index (χ3n) is 4.77. The first-order valence-corrected chi connectivity index (χ1v) is 7.89. The van der Waals surface area contributed by atoms with Crippen molar-refractivity contribution in [3.8, 4) is 0 Å². The highest BCUT2D eigenvalue weighted by Crippen LogP contribution is 2.31. The van der Waals surface area contributed by atoms with Gasteiger partial charge in [-0.1, -0.05) is 18.2 Å². The number of aliphatic hydroxyl groups is 1. The summed E-state index contributed by atoms with van der Waals surface area (Å²) in [7, 11) is 0. The second-order valence-electron chi connectivity index (χ2n) is 6.22. The molecule has 110 valence electrons. The van der Waals surface area contributed by atoms with E-state index in [-0.39, 0.29) is 0 Å². The highest BCUT2D eigenvalue weighted by Gasteiger charge is 2.33. The van der Waals surface area contributed by atoms with Gasteiger partial charge in [0, 0.05) is 25.4 Å². The summed E-state index contributed by atoms with van der Waals surface area (Å²) in [6.07, 6.45) is 6.40. The monoisotopic (exact) mass is 275 g/mol. The van der Waals surface area contributed by atoms with Crippen molar-refractivity contribution in [1.29, 1.82) is 0 Å². The van der Waals surface area contributed by atoms with Crippen LogP contribution in [0.15, 0.2) is 30.3 Å². The number of hydrogen-bond donors (Lipinski definition) is 1. The molecule has 0 bridgehead atoms. The lowest BCUT2D eigenvalue weighted by molar-refractivity contribution is -0.00837. The van der Waals surface area contributed by atoms with E-state index < -0.39 is 5.60 Å². The first kappa shape index (κ1) is 13.9. The number of para-hydroxylation sites is 1. The number of anilines is 1. The number of ether oxygens (including phenoxy) is 1. The lowest BCUT2D eigenvalue weighted by Crippen LogP contribution is -2.44. The zero-order valence-corrected chi connectivity index (χ0v) is 12.1. The molecule has 20 heavy (non-hydrogen) atoms. The zero-order valence-electron chi connectivity index (χ0n) is 12.1. The average molecular weight is 275 g/mol. The molecular formula is C17H25NO2. The topological polar surface area (TPSA) is 32.7 Å². The molecule has 0 aromatic heterocycles. The van der Waals surface area contributed by atoms with Crippen molar-refractivity contribution in [3.63, 3.8) is 0 Å². The molecule has 2 fully saturated rings. The zero-order chi connectivity index (χ0) is 13.8. The van der Waals surface area contributed by atoms with E-state index in [0.717, 1.165) is 45.4 Å². The fourth-order valence-electron chi connectivity index (χ4n) is 3.37. The van der Waals surface area contributed by atoms with Crippen LogP contribution in [0.4, 0.5) is 5.69 Å². The minimum atomic E-state index is -0.475. The Hall–Kier alpha value is -1.06. The normalized spacial score (nSPS) is 25.9. The van der Waals surface area contributed by atoms with E-state index in [1.807, 2.05) is 6.07 Å². The summed E-state index contributed by atoms with van der Waals surface area (Å²) in [5, 5.41) is 10.7. The molecule has 1 N–H and O–H groups in total. The van der Waals surface area contributed by atoms with E-state index >= 15 is 0 Å². The Labute approximate surface area is 121 Å². The van der Waals surface area contributed by atoms with Crippen LogP contribution in [-0.4, -0.2) is 36.5 Å². The van der Waals surface area contributed by atoms with Gasteiger partial charge in [-0.2, -0.15) is 0 Å². The van der Waals surface area contributed by atoms with Gasteiger partial charge in [-0.15, -0.1) is 0 Å². The summed E-state index contributed by atoms with van der Waals surface area (Å²) in [4.78, 5) is 2.38. The highest BCUT2D eigenvalue weighted by atomic mass is 16.5. The van der Waals surface area contributed by atoms with Crippen molar-refractivity contribution < 1.29 is 9.84 Å². The molecule has 0 amide bonds. The summed E-state index contributed by atoms with van der Waals surface area (Å²) in [5.41, 5.74) is 0.797. The van der Waals surface area contributed by atoms with Crippen molar-refractivity contribution in [2.24, 2.45) is 0 Å². The van der Waals surface area contributed by atoms with Crippen molar-refractivity contribution >= 4 is 5.69 Å². The van der Waals surface area contributed by atoms with Crippen LogP contribution in [0.25, 0.3) is 0 Å². The Kier molecular flexibility index (Phi) is 4.27. The SMILES string of the molecule is OC1(CCC2CCCO2)CCN(c2ccccc2)CC1. The van der Waals surface area contributed by atoms with Gasteiger partial charge in [-0.3, -0.25) is 0 Å². The molecule has 0 saturated carbocycles. The smallest absolute Gasteiger partial charge is 0.0682 e. The Morgan fingerprint density at radius 1 is 1.20 bits per heavy atom. The van der Waals surface area contributed by atoms with Crippen LogP contribution >= 0.6 is 0 Å². The molecule has 2 aliphatic rings. The molecular weight excluding hydrogens is 250 g/mol. The van der Waals surface area contributed by atoms with Crippen molar-refractivity contribution in [1.82, 2.24) is 0 Å². The molecule has 2 aliphatic heterocycles.